The Morgan fingerprint density at radius 2 is 2.08 bits per heavy atom. The third-order valence-electron chi connectivity index (χ3n) is 5.25. The fourth-order valence-electron chi connectivity index (χ4n) is 3.85. The smallest absolute Gasteiger partial charge is 0.287 e. The van der Waals surface area contributed by atoms with E-state index in [0.29, 0.717) is 36.5 Å². The van der Waals surface area contributed by atoms with Crippen LogP contribution in [0.15, 0.2) is 4.42 Å². The molecule has 2 aliphatic rings. The number of Topliss-reactive ketones (excluding diaryl/α,β-unsaturated/α-hetero) is 1. The number of nitrogens with one attached hydrogen (secondary N) is 2. The number of hydrogen-bond acceptors (Lipinski definition) is 5. The van der Waals surface area contributed by atoms with Crippen molar-refractivity contribution in [3.05, 3.63) is 22.6 Å². The van der Waals surface area contributed by atoms with Crippen molar-refractivity contribution in [2.75, 3.05) is 33.4 Å². The maximum absolute atomic E-state index is 12.6. The van der Waals surface area contributed by atoms with Gasteiger partial charge in [-0.3, -0.25) is 9.59 Å². The van der Waals surface area contributed by atoms with Gasteiger partial charge in [0.05, 0.1) is 12.2 Å². The molecule has 0 radical (unpaired) electrons. The molecule has 0 unspecified atom stereocenters. The van der Waals surface area contributed by atoms with Crippen molar-refractivity contribution < 1.29 is 18.7 Å². The molecule has 1 aliphatic heterocycles. The van der Waals surface area contributed by atoms with E-state index in [4.69, 9.17) is 9.15 Å². The van der Waals surface area contributed by atoms with Gasteiger partial charge in [-0.15, -0.1) is 0 Å². The van der Waals surface area contributed by atoms with E-state index in [1.54, 1.807) is 14.0 Å². The van der Waals surface area contributed by atoms with Gasteiger partial charge in [0.1, 0.15) is 5.76 Å². The predicted octanol–water partition coefficient (Wildman–Crippen LogP) is 1.85. The number of piperidine rings is 1. The molecular weight excluding hydrogens is 308 g/mol. The second kappa shape index (κ2) is 7.07. The lowest BCUT2D eigenvalue weighted by Crippen LogP contribution is -2.47. The first kappa shape index (κ1) is 17.2. The summed E-state index contributed by atoms with van der Waals surface area (Å²) in [4.78, 5) is 24.7. The van der Waals surface area contributed by atoms with E-state index in [1.807, 2.05) is 0 Å². The minimum absolute atomic E-state index is 0.0361. The number of aryl methyl sites for hydroxylation is 1. The van der Waals surface area contributed by atoms with Gasteiger partial charge in [0.15, 0.2) is 11.5 Å². The summed E-state index contributed by atoms with van der Waals surface area (Å²) in [7, 11) is 1.70. The zero-order chi connectivity index (χ0) is 17.2. The van der Waals surface area contributed by atoms with Crippen LogP contribution in [0.25, 0.3) is 0 Å². The number of methoxy groups -OCH3 is 1. The Kier molecular flexibility index (Phi) is 5.06. The van der Waals surface area contributed by atoms with Gasteiger partial charge in [-0.2, -0.15) is 0 Å². The highest BCUT2D eigenvalue weighted by molar-refractivity contribution is 6.03. The normalized spacial score (nSPS) is 19.8. The average molecular weight is 334 g/mol. The van der Waals surface area contributed by atoms with Crippen LogP contribution in [0.1, 0.15) is 57.9 Å². The summed E-state index contributed by atoms with van der Waals surface area (Å²) in [5.41, 5.74) is 1.27. The van der Waals surface area contributed by atoms with Crippen LogP contribution in [0, 0.1) is 12.3 Å². The summed E-state index contributed by atoms with van der Waals surface area (Å²) < 4.78 is 11.1. The van der Waals surface area contributed by atoms with Crippen molar-refractivity contribution in [3.8, 4) is 0 Å². The van der Waals surface area contributed by atoms with E-state index in [0.717, 1.165) is 38.8 Å². The molecular formula is C18H26N2O4. The second-order valence-electron chi connectivity index (χ2n) is 7.00. The lowest BCUT2D eigenvalue weighted by molar-refractivity contribution is 0.0505. The van der Waals surface area contributed by atoms with Gasteiger partial charge >= 0.3 is 0 Å². The highest BCUT2D eigenvalue weighted by Gasteiger charge is 2.34. The molecule has 132 valence electrons. The predicted molar refractivity (Wildman–Crippen MR) is 89.5 cm³/mol. The molecule has 1 fully saturated rings. The third-order valence-corrected chi connectivity index (χ3v) is 5.25. The minimum Gasteiger partial charge on any atom is -0.455 e. The average Bonchev–Trinajstić information content (AvgIpc) is 2.92. The molecule has 1 aromatic heterocycles. The Labute approximate surface area is 142 Å². The molecule has 0 bridgehead atoms. The molecule has 1 aromatic rings. The van der Waals surface area contributed by atoms with Crippen LogP contribution in [-0.4, -0.2) is 45.0 Å². The van der Waals surface area contributed by atoms with Crippen LogP contribution in [0.5, 0.6) is 0 Å². The number of furan rings is 1. The molecule has 0 atom stereocenters. The molecule has 6 heteroatoms. The van der Waals surface area contributed by atoms with Crippen molar-refractivity contribution in [2.45, 2.75) is 39.0 Å². The molecule has 1 aliphatic carbocycles. The molecule has 24 heavy (non-hydrogen) atoms. The molecule has 0 saturated carbocycles. The van der Waals surface area contributed by atoms with Gasteiger partial charge in [-0.1, -0.05) is 0 Å². The SMILES string of the molecule is COCC1(CNC(=O)c2oc3c(c2C)C(=O)CCC3)CCNCC1. The van der Waals surface area contributed by atoms with E-state index < -0.39 is 0 Å². The van der Waals surface area contributed by atoms with Crippen LogP contribution >= 0.6 is 0 Å². The Hall–Kier alpha value is -1.66. The van der Waals surface area contributed by atoms with Crippen molar-refractivity contribution in [3.63, 3.8) is 0 Å². The summed E-state index contributed by atoms with van der Waals surface area (Å²) in [6.07, 6.45) is 4.00. The van der Waals surface area contributed by atoms with Gasteiger partial charge in [0.2, 0.25) is 0 Å². The Balaban J connectivity index is 1.72. The summed E-state index contributed by atoms with van der Waals surface area (Å²) in [5, 5.41) is 6.35. The number of ether oxygens (including phenoxy) is 1. The summed E-state index contributed by atoms with van der Waals surface area (Å²) in [5.74, 6) is 0.814. The maximum atomic E-state index is 12.6. The monoisotopic (exact) mass is 334 g/mol. The first-order valence-corrected chi connectivity index (χ1v) is 8.70. The van der Waals surface area contributed by atoms with Crippen molar-refractivity contribution in [1.29, 1.82) is 0 Å². The highest BCUT2D eigenvalue weighted by Crippen LogP contribution is 2.31. The standard InChI is InChI=1S/C18H26N2O4/c1-12-15-13(21)4-3-5-14(15)24-16(12)17(22)20-10-18(11-23-2)6-8-19-9-7-18/h19H,3-11H2,1-2H3,(H,20,22). The third kappa shape index (κ3) is 3.26. The zero-order valence-electron chi connectivity index (χ0n) is 14.5. The molecule has 2 heterocycles. The Morgan fingerprint density at radius 1 is 1.33 bits per heavy atom. The molecule has 0 spiro atoms. The number of carbonyl (C=O) groups excluding carboxylic acids is 2. The number of hydrogen-bond donors (Lipinski definition) is 2. The fraction of sp³-hybridized carbons (Fsp3) is 0.667. The fourth-order valence-corrected chi connectivity index (χ4v) is 3.85. The summed E-state index contributed by atoms with van der Waals surface area (Å²) >= 11 is 0. The van der Waals surface area contributed by atoms with Gasteiger partial charge in [0, 0.05) is 37.5 Å². The topological polar surface area (TPSA) is 80.6 Å². The van der Waals surface area contributed by atoms with Crippen LogP contribution in [0.3, 0.4) is 0 Å². The van der Waals surface area contributed by atoms with Gasteiger partial charge in [-0.25, -0.2) is 0 Å². The van der Waals surface area contributed by atoms with Crippen molar-refractivity contribution in [2.24, 2.45) is 5.41 Å². The van der Waals surface area contributed by atoms with Crippen molar-refractivity contribution in [1.82, 2.24) is 10.6 Å². The zero-order valence-corrected chi connectivity index (χ0v) is 14.5. The molecule has 0 aromatic carbocycles. The van der Waals surface area contributed by atoms with Crippen LogP contribution in [0.4, 0.5) is 0 Å². The largest absolute Gasteiger partial charge is 0.455 e. The Morgan fingerprint density at radius 3 is 2.75 bits per heavy atom. The second-order valence-corrected chi connectivity index (χ2v) is 7.00. The maximum Gasteiger partial charge on any atom is 0.287 e. The summed E-state index contributed by atoms with van der Waals surface area (Å²) in [6, 6.07) is 0. The highest BCUT2D eigenvalue weighted by atomic mass is 16.5. The molecule has 3 rings (SSSR count). The molecule has 2 N–H and O–H groups in total. The minimum atomic E-state index is -0.233. The van der Waals surface area contributed by atoms with E-state index in [2.05, 4.69) is 10.6 Å². The van der Waals surface area contributed by atoms with Gasteiger partial charge in [-0.05, 0) is 39.3 Å². The lowest BCUT2D eigenvalue weighted by Gasteiger charge is -2.37. The first-order valence-electron chi connectivity index (χ1n) is 8.70. The molecule has 6 nitrogen and oxygen atoms in total. The first-order chi connectivity index (χ1) is 11.6. The molecule has 1 amide bonds. The van der Waals surface area contributed by atoms with Gasteiger partial charge < -0.3 is 19.8 Å². The number of ketones is 1. The number of rotatable bonds is 5. The van der Waals surface area contributed by atoms with Crippen LogP contribution < -0.4 is 10.6 Å². The Bertz CT molecular complexity index is 624. The van der Waals surface area contributed by atoms with E-state index in [1.165, 1.54) is 0 Å². The molecule has 1 saturated heterocycles. The number of carbonyl (C=O) groups is 2. The van der Waals surface area contributed by atoms with E-state index >= 15 is 0 Å². The van der Waals surface area contributed by atoms with E-state index in [9.17, 15) is 9.59 Å². The van der Waals surface area contributed by atoms with E-state index in [-0.39, 0.29) is 22.9 Å². The van der Waals surface area contributed by atoms with Crippen LogP contribution in [0.2, 0.25) is 0 Å². The quantitative estimate of drug-likeness (QED) is 0.859. The number of fused-ring (bicyclic) bond motifs is 1. The summed E-state index contributed by atoms with van der Waals surface area (Å²) in [6.45, 7) is 4.85. The number of amides is 1. The lowest BCUT2D eigenvalue weighted by atomic mass is 9.79. The van der Waals surface area contributed by atoms with Gasteiger partial charge in [0.25, 0.3) is 5.91 Å². The van der Waals surface area contributed by atoms with Crippen molar-refractivity contribution >= 4 is 11.7 Å². The van der Waals surface area contributed by atoms with Crippen LogP contribution in [-0.2, 0) is 11.2 Å².